The van der Waals surface area contributed by atoms with Gasteiger partial charge in [0.2, 0.25) is 0 Å². The van der Waals surface area contributed by atoms with Crippen molar-refractivity contribution in [1.29, 1.82) is 0 Å². The van der Waals surface area contributed by atoms with Crippen LogP contribution in [0.1, 0.15) is 28.6 Å². The molecular weight excluding hydrogens is 550 g/mol. The number of alkyl carbamates (subject to hydrolysis) is 1. The lowest BCUT2D eigenvalue weighted by molar-refractivity contribution is 0.166. The van der Waals surface area contributed by atoms with E-state index in [1.807, 2.05) is 59.5 Å². The summed E-state index contributed by atoms with van der Waals surface area (Å²) >= 11 is 1.52. The standard InChI is InChI=1S/C28H31N5O5S2/c1-19-8-11-22(16-29-19)27-32-26(18-39-27)25(15-21-9-12-23(13-10-21)33-40(35,36)37)30-17-24(31-28(34)38-2)14-20-6-4-3-5-7-20/h3-13,16,18,24-25,30,33H,14-15,17H2,1-2H3,(H,31,34)(H,35,36,37)/t24-,25-/m0/s1. The average Bonchev–Trinajstić information content (AvgIpc) is 3.42. The second-order valence-electron chi connectivity index (χ2n) is 9.23. The molecular formula is C28H31N5O5S2. The van der Waals surface area contributed by atoms with Crippen LogP contribution in [0.4, 0.5) is 10.5 Å². The van der Waals surface area contributed by atoms with Crippen LogP contribution >= 0.6 is 11.3 Å². The van der Waals surface area contributed by atoms with Gasteiger partial charge in [0.1, 0.15) is 5.01 Å². The number of rotatable bonds is 12. The van der Waals surface area contributed by atoms with Crippen LogP contribution in [0.25, 0.3) is 10.6 Å². The molecule has 10 nitrogen and oxygen atoms in total. The van der Waals surface area contributed by atoms with Crippen molar-refractivity contribution in [3.8, 4) is 10.6 Å². The zero-order chi connectivity index (χ0) is 28.5. The lowest BCUT2D eigenvalue weighted by atomic mass is 10.0. The molecule has 4 N–H and O–H groups in total. The van der Waals surface area contributed by atoms with Crippen LogP contribution in [0, 0.1) is 6.92 Å². The summed E-state index contributed by atoms with van der Waals surface area (Å²) in [6.45, 7) is 2.37. The third kappa shape index (κ3) is 8.85. The molecule has 4 rings (SSSR count). The molecule has 0 radical (unpaired) electrons. The van der Waals surface area contributed by atoms with Gasteiger partial charge < -0.3 is 15.4 Å². The van der Waals surface area contributed by atoms with Gasteiger partial charge in [-0.2, -0.15) is 8.42 Å². The van der Waals surface area contributed by atoms with E-state index in [4.69, 9.17) is 14.3 Å². The molecule has 2 heterocycles. The van der Waals surface area contributed by atoms with E-state index in [1.54, 1.807) is 30.5 Å². The number of amides is 1. The van der Waals surface area contributed by atoms with Crippen molar-refractivity contribution in [2.75, 3.05) is 18.4 Å². The number of nitrogens with one attached hydrogen (secondary N) is 3. The molecule has 40 heavy (non-hydrogen) atoms. The maximum Gasteiger partial charge on any atom is 0.407 e. The van der Waals surface area contributed by atoms with E-state index in [1.165, 1.54) is 18.4 Å². The predicted octanol–water partition coefficient (Wildman–Crippen LogP) is 4.57. The number of pyridine rings is 1. The summed E-state index contributed by atoms with van der Waals surface area (Å²) in [6, 6.07) is 20.1. The molecule has 0 unspecified atom stereocenters. The molecule has 0 aliphatic rings. The minimum absolute atomic E-state index is 0.221. The van der Waals surface area contributed by atoms with Crippen LogP contribution in [0.5, 0.6) is 0 Å². The third-order valence-corrected chi connectivity index (χ3v) is 7.52. The Balaban J connectivity index is 1.56. The summed E-state index contributed by atoms with van der Waals surface area (Å²) in [5.41, 5.74) is 4.93. The SMILES string of the molecule is COC(=O)N[C@H](CN[C@@H](Cc1ccc(NS(=O)(=O)O)cc1)c1csc(-c2ccc(C)nc2)n1)Cc1ccccc1. The molecule has 1 amide bonds. The van der Waals surface area contributed by atoms with Crippen molar-refractivity contribution in [2.24, 2.45) is 0 Å². The van der Waals surface area contributed by atoms with Crippen molar-refractivity contribution in [1.82, 2.24) is 20.6 Å². The maximum absolute atomic E-state index is 12.1. The van der Waals surface area contributed by atoms with Crippen LogP contribution in [0.15, 0.2) is 78.3 Å². The average molecular weight is 582 g/mol. The number of nitrogens with zero attached hydrogens (tertiary/aromatic N) is 2. The first-order valence-electron chi connectivity index (χ1n) is 12.5. The molecule has 2 aromatic carbocycles. The highest BCUT2D eigenvalue weighted by Gasteiger charge is 2.20. The smallest absolute Gasteiger partial charge is 0.407 e. The number of carbonyl (C=O) groups is 1. The van der Waals surface area contributed by atoms with E-state index in [0.29, 0.717) is 19.4 Å². The Kier molecular flexibility index (Phi) is 9.83. The topological polar surface area (TPSA) is 143 Å². The fourth-order valence-electron chi connectivity index (χ4n) is 4.13. The number of aromatic nitrogens is 2. The number of benzene rings is 2. The Hall–Kier alpha value is -3.84. The van der Waals surface area contributed by atoms with Gasteiger partial charge >= 0.3 is 16.4 Å². The number of hydrogen-bond acceptors (Lipinski definition) is 8. The molecule has 0 fully saturated rings. The predicted molar refractivity (Wildman–Crippen MR) is 156 cm³/mol. The van der Waals surface area contributed by atoms with E-state index >= 15 is 0 Å². The Morgan fingerprint density at radius 2 is 1.75 bits per heavy atom. The maximum atomic E-state index is 12.1. The quantitative estimate of drug-likeness (QED) is 0.178. The first kappa shape index (κ1) is 29.2. The van der Waals surface area contributed by atoms with Crippen LogP contribution in [-0.4, -0.2) is 48.7 Å². The molecule has 0 aliphatic carbocycles. The molecule has 0 spiro atoms. The van der Waals surface area contributed by atoms with Gasteiger partial charge in [0, 0.05) is 35.4 Å². The zero-order valence-corrected chi connectivity index (χ0v) is 23.7. The van der Waals surface area contributed by atoms with E-state index < -0.39 is 16.4 Å². The first-order valence-corrected chi connectivity index (χ1v) is 14.8. The van der Waals surface area contributed by atoms with Crippen molar-refractivity contribution in [3.63, 3.8) is 0 Å². The second-order valence-corrected chi connectivity index (χ2v) is 11.2. The van der Waals surface area contributed by atoms with Crippen LogP contribution in [0.2, 0.25) is 0 Å². The highest BCUT2D eigenvalue weighted by atomic mass is 32.2. The van der Waals surface area contributed by atoms with Gasteiger partial charge in [0.25, 0.3) is 0 Å². The highest BCUT2D eigenvalue weighted by Crippen LogP contribution is 2.28. The van der Waals surface area contributed by atoms with Crippen molar-refractivity contribution >= 4 is 33.4 Å². The zero-order valence-electron chi connectivity index (χ0n) is 22.1. The second kappa shape index (κ2) is 13.5. The molecule has 0 bridgehead atoms. The first-order chi connectivity index (χ1) is 19.2. The number of anilines is 1. The lowest BCUT2D eigenvalue weighted by Gasteiger charge is -2.23. The van der Waals surface area contributed by atoms with Crippen LogP contribution < -0.4 is 15.4 Å². The molecule has 0 aliphatic heterocycles. The molecule has 12 heteroatoms. The monoisotopic (exact) mass is 581 g/mol. The molecule has 0 saturated carbocycles. The van der Waals surface area contributed by atoms with Crippen molar-refractivity contribution < 1.29 is 22.5 Å². The summed E-state index contributed by atoms with van der Waals surface area (Å²) in [4.78, 5) is 21.4. The van der Waals surface area contributed by atoms with E-state index in [-0.39, 0.29) is 17.8 Å². The van der Waals surface area contributed by atoms with Gasteiger partial charge in [-0.05, 0) is 55.2 Å². The number of carbonyl (C=O) groups excluding carboxylic acids is 1. The fraction of sp³-hybridized carbons (Fsp3) is 0.250. The number of methoxy groups -OCH3 is 1. The normalized spacial score (nSPS) is 12.9. The summed E-state index contributed by atoms with van der Waals surface area (Å²) in [7, 11) is -3.02. The van der Waals surface area contributed by atoms with Gasteiger partial charge in [-0.25, -0.2) is 9.78 Å². The van der Waals surface area contributed by atoms with Crippen LogP contribution in [-0.2, 0) is 27.9 Å². The van der Waals surface area contributed by atoms with Gasteiger partial charge in [-0.1, -0.05) is 42.5 Å². The highest BCUT2D eigenvalue weighted by molar-refractivity contribution is 7.87. The Morgan fingerprint density at radius 3 is 2.40 bits per heavy atom. The summed E-state index contributed by atoms with van der Waals surface area (Å²) in [5.74, 6) is 0. The lowest BCUT2D eigenvalue weighted by Crippen LogP contribution is -2.44. The summed E-state index contributed by atoms with van der Waals surface area (Å²) < 4.78 is 38.3. The molecule has 2 aromatic heterocycles. The third-order valence-electron chi connectivity index (χ3n) is 6.12. The summed E-state index contributed by atoms with van der Waals surface area (Å²) in [6.07, 6.45) is 2.43. The minimum Gasteiger partial charge on any atom is -0.453 e. The van der Waals surface area contributed by atoms with Gasteiger partial charge in [0.05, 0.1) is 24.5 Å². The van der Waals surface area contributed by atoms with Gasteiger partial charge in [-0.3, -0.25) is 14.3 Å². The Bertz CT molecular complexity index is 1490. The Morgan fingerprint density at radius 1 is 1.02 bits per heavy atom. The van der Waals surface area contributed by atoms with Gasteiger partial charge in [0.15, 0.2) is 0 Å². The number of thiazole rings is 1. The molecule has 4 aromatic rings. The minimum atomic E-state index is -4.36. The molecule has 0 saturated heterocycles. The largest absolute Gasteiger partial charge is 0.453 e. The van der Waals surface area contributed by atoms with Gasteiger partial charge in [-0.15, -0.1) is 11.3 Å². The van der Waals surface area contributed by atoms with E-state index in [0.717, 1.165) is 33.1 Å². The van der Waals surface area contributed by atoms with Crippen molar-refractivity contribution in [3.05, 3.63) is 101 Å². The Labute approximate surface area is 237 Å². The molecule has 2 atom stereocenters. The summed E-state index contributed by atoms with van der Waals surface area (Å²) in [5, 5.41) is 9.32. The van der Waals surface area contributed by atoms with Crippen LogP contribution in [0.3, 0.4) is 0 Å². The van der Waals surface area contributed by atoms with E-state index in [2.05, 4.69) is 15.6 Å². The fourth-order valence-corrected chi connectivity index (χ4v) is 5.43. The number of aryl methyl sites for hydroxylation is 1. The van der Waals surface area contributed by atoms with E-state index in [9.17, 15) is 13.2 Å². The number of ether oxygens (including phenoxy) is 1. The van der Waals surface area contributed by atoms with Crippen molar-refractivity contribution in [2.45, 2.75) is 31.8 Å². The number of hydrogen-bond donors (Lipinski definition) is 4. The molecule has 210 valence electrons.